The van der Waals surface area contributed by atoms with Gasteiger partial charge < -0.3 is 15.5 Å². The highest BCUT2D eigenvalue weighted by Gasteiger charge is 1.99. The molecular formula is C10H29N3. The first-order chi connectivity index (χ1) is 4.89. The van der Waals surface area contributed by atoms with Gasteiger partial charge in [0.05, 0.1) is 0 Å². The van der Waals surface area contributed by atoms with Crippen LogP contribution in [0.2, 0.25) is 0 Å². The highest BCUT2D eigenvalue weighted by Crippen LogP contribution is 1.80. The molecule has 1 rings (SSSR count). The normalized spacial score (nSPS) is 19.2. The summed E-state index contributed by atoms with van der Waals surface area (Å²) in [5, 5.41) is 6.71. The van der Waals surface area contributed by atoms with Gasteiger partial charge in [0.25, 0.3) is 0 Å². The van der Waals surface area contributed by atoms with E-state index in [0.717, 1.165) is 26.2 Å². The lowest BCUT2D eigenvalue weighted by Gasteiger charge is -2.13. The van der Waals surface area contributed by atoms with Crippen molar-refractivity contribution in [3.8, 4) is 0 Å². The highest BCUT2D eigenvalue weighted by atomic mass is 15.1. The molecule has 84 valence electrons. The Bertz CT molecular complexity index is 76.2. The van der Waals surface area contributed by atoms with Crippen molar-refractivity contribution in [2.45, 2.75) is 22.3 Å². The van der Waals surface area contributed by atoms with Crippen LogP contribution >= 0.6 is 0 Å². The van der Waals surface area contributed by atoms with E-state index in [4.69, 9.17) is 0 Å². The van der Waals surface area contributed by atoms with Crippen molar-refractivity contribution in [3.05, 3.63) is 0 Å². The summed E-state index contributed by atoms with van der Waals surface area (Å²) in [7, 11) is 2.16. The molecule has 2 N–H and O–H groups in total. The predicted molar refractivity (Wildman–Crippen MR) is 63.4 cm³/mol. The largest absolute Gasteiger partial charge is 0.314 e. The average molecular weight is 191 g/mol. The number of likely N-dealkylation sites (N-methyl/N-ethyl adjacent to an activating group) is 1. The lowest BCUT2D eigenvalue weighted by Crippen LogP contribution is -2.30. The summed E-state index contributed by atoms with van der Waals surface area (Å²) >= 11 is 0. The zero-order chi connectivity index (χ0) is 7.23. The monoisotopic (exact) mass is 191 g/mol. The highest BCUT2D eigenvalue weighted by molar-refractivity contribution is 4.61. The molecule has 0 radical (unpaired) electrons. The molecule has 3 heteroatoms. The predicted octanol–water partition coefficient (Wildman–Crippen LogP) is 1.02. The van der Waals surface area contributed by atoms with Gasteiger partial charge >= 0.3 is 0 Å². The van der Waals surface area contributed by atoms with Crippen molar-refractivity contribution >= 4 is 0 Å². The van der Waals surface area contributed by atoms with Gasteiger partial charge in [0, 0.05) is 39.3 Å². The molecule has 0 aromatic carbocycles. The number of hydrogen-bond donors (Lipinski definition) is 2. The first kappa shape index (κ1) is 18.6. The molecule has 1 fully saturated rings. The molecule has 0 spiro atoms. The van der Waals surface area contributed by atoms with Crippen LogP contribution in [0.25, 0.3) is 0 Å². The van der Waals surface area contributed by atoms with E-state index >= 15 is 0 Å². The summed E-state index contributed by atoms with van der Waals surface area (Å²) in [5.41, 5.74) is 0. The van der Waals surface area contributed by atoms with Crippen molar-refractivity contribution in [1.82, 2.24) is 15.5 Å². The van der Waals surface area contributed by atoms with Gasteiger partial charge in [0.2, 0.25) is 0 Å². The zero-order valence-electron chi connectivity index (χ0n) is 6.69. The van der Waals surface area contributed by atoms with E-state index in [9.17, 15) is 0 Å². The maximum absolute atomic E-state index is 3.35. The molecule has 13 heavy (non-hydrogen) atoms. The summed E-state index contributed by atoms with van der Waals surface area (Å²) in [6.45, 7) is 6.79. The standard InChI is InChI=1S/C7H17N3.3CH4/c1-10-6-4-8-2-3-9-5-7-10;;;/h8-9H,2-7H2,1H3;3*1H4. The number of hydrogen-bond acceptors (Lipinski definition) is 3. The Morgan fingerprint density at radius 3 is 1.54 bits per heavy atom. The van der Waals surface area contributed by atoms with Crippen molar-refractivity contribution in [3.63, 3.8) is 0 Å². The summed E-state index contributed by atoms with van der Waals surface area (Å²) in [5.74, 6) is 0. The van der Waals surface area contributed by atoms with Crippen LogP contribution in [0.4, 0.5) is 0 Å². The first-order valence-electron chi connectivity index (χ1n) is 3.99. The Hall–Kier alpha value is -0.120. The fourth-order valence-electron chi connectivity index (χ4n) is 1.08. The summed E-state index contributed by atoms with van der Waals surface area (Å²) in [6, 6.07) is 0. The van der Waals surface area contributed by atoms with Gasteiger partial charge in [-0.1, -0.05) is 22.3 Å². The molecule has 1 heterocycles. The molecule has 1 saturated heterocycles. The van der Waals surface area contributed by atoms with E-state index in [1.165, 1.54) is 13.1 Å². The number of nitrogens with one attached hydrogen (secondary N) is 2. The summed E-state index contributed by atoms with van der Waals surface area (Å²) in [6.07, 6.45) is 0. The van der Waals surface area contributed by atoms with Crippen molar-refractivity contribution < 1.29 is 0 Å². The van der Waals surface area contributed by atoms with E-state index in [1.807, 2.05) is 0 Å². The van der Waals surface area contributed by atoms with E-state index in [0.29, 0.717) is 0 Å². The van der Waals surface area contributed by atoms with Crippen LogP contribution in [-0.4, -0.2) is 51.2 Å². The van der Waals surface area contributed by atoms with Crippen LogP contribution in [0.3, 0.4) is 0 Å². The van der Waals surface area contributed by atoms with E-state index in [-0.39, 0.29) is 22.3 Å². The number of nitrogens with zero attached hydrogens (tertiary/aromatic N) is 1. The molecule has 0 aromatic heterocycles. The van der Waals surface area contributed by atoms with Crippen LogP contribution in [0.1, 0.15) is 22.3 Å². The molecule has 1 aliphatic heterocycles. The maximum atomic E-state index is 3.35. The molecule has 0 aromatic rings. The lowest BCUT2D eigenvalue weighted by atomic mass is 10.5. The third-order valence-electron chi connectivity index (χ3n) is 1.82. The maximum Gasteiger partial charge on any atom is 0.0104 e. The summed E-state index contributed by atoms with van der Waals surface area (Å²) in [4.78, 5) is 2.34. The first-order valence-corrected chi connectivity index (χ1v) is 3.99. The fraction of sp³-hybridized carbons (Fsp3) is 1.00. The topological polar surface area (TPSA) is 27.3 Å². The average Bonchev–Trinajstić information content (AvgIpc) is 2.02. The molecule has 0 unspecified atom stereocenters. The molecule has 3 nitrogen and oxygen atoms in total. The molecule has 0 bridgehead atoms. The SMILES string of the molecule is C.C.C.CN1CCNCCNCC1. The fourth-order valence-corrected chi connectivity index (χ4v) is 1.08. The zero-order valence-corrected chi connectivity index (χ0v) is 6.69. The third kappa shape index (κ3) is 9.80. The molecule has 0 amide bonds. The van der Waals surface area contributed by atoms with E-state index in [2.05, 4.69) is 22.6 Å². The molecule has 0 saturated carbocycles. The molecule has 0 aliphatic carbocycles. The van der Waals surface area contributed by atoms with Crippen molar-refractivity contribution in [1.29, 1.82) is 0 Å². The third-order valence-corrected chi connectivity index (χ3v) is 1.82. The smallest absolute Gasteiger partial charge is 0.0104 e. The minimum Gasteiger partial charge on any atom is -0.314 e. The van der Waals surface area contributed by atoms with Gasteiger partial charge in [0.15, 0.2) is 0 Å². The Morgan fingerprint density at radius 1 is 0.769 bits per heavy atom. The minimum absolute atomic E-state index is 0. The van der Waals surface area contributed by atoms with E-state index < -0.39 is 0 Å². The molecule has 0 atom stereocenters. The lowest BCUT2D eigenvalue weighted by molar-refractivity contribution is 0.342. The molecule has 1 aliphatic rings. The second kappa shape index (κ2) is 11.9. The Kier molecular flexibility index (Phi) is 17.0. The number of rotatable bonds is 0. The second-order valence-corrected chi connectivity index (χ2v) is 2.80. The molecular weight excluding hydrogens is 162 g/mol. The van der Waals surface area contributed by atoms with Gasteiger partial charge in [-0.15, -0.1) is 0 Å². The quantitative estimate of drug-likeness (QED) is 0.599. The summed E-state index contributed by atoms with van der Waals surface area (Å²) < 4.78 is 0. The van der Waals surface area contributed by atoms with Crippen LogP contribution < -0.4 is 10.6 Å². The van der Waals surface area contributed by atoms with E-state index in [1.54, 1.807) is 0 Å². The van der Waals surface area contributed by atoms with Gasteiger partial charge in [0.1, 0.15) is 0 Å². The van der Waals surface area contributed by atoms with Crippen molar-refractivity contribution in [2.24, 2.45) is 0 Å². The Balaban J connectivity index is -0.000000333. The van der Waals surface area contributed by atoms with Gasteiger partial charge in [-0.25, -0.2) is 0 Å². The van der Waals surface area contributed by atoms with Crippen molar-refractivity contribution in [2.75, 3.05) is 46.3 Å². The second-order valence-electron chi connectivity index (χ2n) is 2.80. The Morgan fingerprint density at radius 2 is 1.15 bits per heavy atom. The van der Waals surface area contributed by atoms with Crippen LogP contribution in [0.15, 0.2) is 0 Å². The van der Waals surface area contributed by atoms with Gasteiger partial charge in [-0.2, -0.15) is 0 Å². The Labute approximate surface area is 84.9 Å². The van der Waals surface area contributed by atoms with Crippen LogP contribution in [0, 0.1) is 0 Å². The minimum atomic E-state index is 0. The van der Waals surface area contributed by atoms with Gasteiger partial charge in [-0.05, 0) is 7.05 Å². The van der Waals surface area contributed by atoms with Crippen LogP contribution in [-0.2, 0) is 0 Å². The van der Waals surface area contributed by atoms with Crippen LogP contribution in [0.5, 0.6) is 0 Å². The van der Waals surface area contributed by atoms with Gasteiger partial charge in [-0.3, -0.25) is 0 Å².